The van der Waals surface area contributed by atoms with Crippen LogP contribution in [-0.2, 0) is 6.18 Å². The quantitative estimate of drug-likeness (QED) is 0.539. The molecule has 0 fully saturated rings. The van der Waals surface area contributed by atoms with Gasteiger partial charge < -0.3 is 10.7 Å². The highest BCUT2D eigenvalue weighted by Gasteiger charge is 2.30. The Bertz CT molecular complexity index is 1310. The lowest BCUT2D eigenvalue weighted by Gasteiger charge is -2.08. The largest absolute Gasteiger partial charge is 0.416 e. The van der Waals surface area contributed by atoms with Crippen molar-refractivity contribution in [2.45, 2.75) is 6.18 Å². The molecule has 3 N–H and O–H groups in total. The number of halogens is 3. The van der Waals surface area contributed by atoms with Gasteiger partial charge in [-0.15, -0.1) is 0 Å². The van der Waals surface area contributed by atoms with Gasteiger partial charge in [0.2, 0.25) is 5.78 Å². The zero-order chi connectivity index (χ0) is 20.8. The van der Waals surface area contributed by atoms with E-state index in [1.54, 1.807) is 24.3 Å². The molecule has 9 heteroatoms. The minimum atomic E-state index is -4.46. The predicted octanol–water partition coefficient (Wildman–Crippen LogP) is 3.83. The predicted molar refractivity (Wildman–Crippen MR) is 101 cm³/mol. The molecule has 2 heterocycles. The van der Waals surface area contributed by atoms with Gasteiger partial charge in [-0.2, -0.15) is 18.4 Å². The smallest absolute Gasteiger partial charge is 0.385 e. The van der Waals surface area contributed by atoms with Gasteiger partial charge in [-0.25, -0.2) is 9.38 Å². The first-order valence-electron chi connectivity index (χ1n) is 8.37. The number of fused-ring (bicyclic) bond motifs is 1. The van der Waals surface area contributed by atoms with Gasteiger partial charge in [-0.05, 0) is 24.3 Å². The topological polar surface area (TPSA) is 100.0 Å². The van der Waals surface area contributed by atoms with Crippen LogP contribution in [0.25, 0.3) is 28.3 Å². The fraction of sp³-hybridized carbons (Fsp3) is 0.0500. The van der Waals surface area contributed by atoms with E-state index in [1.807, 2.05) is 6.07 Å². The molecule has 2 aromatic carbocycles. The first-order valence-corrected chi connectivity index (χ1v) is 8.37. The van der Waals surface area contributed by atoms with Crippen molar-refractivity contribution in [2.24, 2.45) is 0 Å². The summed E-state index contributed by atoms with van der Waals surface area (Å²) in [4.78, 5) is 19.8. The number of nitrogens with one attached hydrogen (secondary N) is 1. The van der Waals surface area contributed by atoms with Gasteiger partial charge >= 0.3 is 6.18 Å². The average molecular weight is 395 g/mol. The standard InChI is InChI=1S/C20H12F3N5O/c21-20(22,23)14-7-5-12(6-8-14)17-18(13-3-1-11(10-24)2-4-13)28-16(29)9-15(25)26-19(28)27-17/h1-9H,25H2,(H,26,27). The molecule has 29 heavy (non-hydrogen) atoms. The summed E-state index contributed by atoms with van der Waals surface area (Å²) in [5.74, 6) is 0.266. The molecule has 0 aliphatic heterocycles. The number of anilines is 1. The van der Waals surface area contributed by atoms with Crippen LogP contribution in [0.5, 0.6) is 0 Å². The van der Waals surface area contributed by atoms with Crippen LogP contribution in [0.1, 0.15) is 11.1 Å². The van der Waals surface area contributed by atoms with E-state index in [2.05, 4.69) is 9.97 Å². The number of hydrogen-bond acceptors (Lipinski definition) is 4. The van der Waals surface area contributed by atoms with E-state index in [0.29, 0.717) is 28.1 Å². The van der Waals surface area contributed by atoms with Crippen molar-refractivity contribution in [3.63, 3.8) is 0 Å². The van der Waals surface area contributed by atoms with Gasteiger partial charge in [-0.1, -0.05) is 24.3 Å². The first-order chi connectivity index (χ1) is 13.8. The fourth-order valence-corrected chi connectivity index (χ4v) is 3.07. The van der Waals surface area contributed by atoms with Crippen LogP contribution in [-0.4, -0.2) is 14.4 Å². The fourth-order valence-electron chi connectivity index (χ4n) is 3.07. The first kappa shape index (κ1) is 18.3. The second-order valence-corrected chi connectivity index (χ2v) is 6.30. The third-order valence-electron chi connectivity index (χ3n) is 4.41. The third-order valence-corrected chi connectivity index (χ3v) is 4.41. The molecule has 4 aromatic rings. The normalized spacial score (nSPS) is 11.5. The second-order valence-electron chi connectivity index (χ2n) is 6.30. The summed E-state index contributed by atoms with van der Waals surface area (Å²) >= 11 is 0. The zero-order valence-electron chi connectivity index (χ0n) is 14.7. The minimum absolute atomic E-state index is 0.109. The van der Waals surface area contributed by atoms with Gasteiger partial charge in [0.05, 0.1) is 28.6 Å². The Kier molecular flexibility index (Phi) is 4.12. The molecule has 4 rings (SSSR count). The van der Waals surface area contributed by atoms with Crippen LogP contribution >= 0.6 is 0 Å². The van der Waals surface area contributed by atoms with Crippen LogP contribution in [0.4, 0.5) is 19.0 Å². The van der Waals surface area contributed by atoms with Crippen LogP contribution in [0.2, 0.25) is 0 Å². The monoisotopic (exact) mass is 395 g/mol. The van der Waals surface area contributed by atoms with E-state index in [-0.39, 0.29) is 11.6 Å². The van der Waals surface area contributed by atoms with Gasteiger partial charge in [0, 0.05) is 17.2 Å². The molecular weight excluding hydrogens is 383 g/mol. The third kappa shape index (κ3) is 3.21. The molecule has 0 radical (unpaired) electrons. The molecule has 2 aromatic heterocycles. The summed E-state index contributed by atoms with van der Waals surface area (Å²) in [6.45, 7) is 0. The summed E-state index contributed by atoms with van der Waals surface area (Å²) in [6.07, 6.45) is -4.46. The van der Waals surface area contributed by atoms with E-state index >= 15 is 0 Å². The number of aromatic nitrogens is 3. The number of hydrogen-bond donors (Lipinski definition) is 2. The highest BCUT2D eigenvalue weighted by molar-refractivity contribution is 5.81. The second kappa shape index (κ2) is 6.53. The molecule has 0 aliphatic rings. The van der Waals surface area contributed by atoms with Gasteiger partial charge in [0.25, 0.3) is 5.56 Å². The van der Waals surface area contributed by atoms with Gasteiger partial charge in [0.1, 0.15) is 5.82 Å². The summed E-state index contributed by atoms with van der Waals surface area (Å²) in [5.41, 5.74) is 6.55. The molecule has 0 atom stereocenters. The summed E-state index contributed by atoms with van der Waals surface area (Å²) in [7, 11) is 0. The van der Waals surface area contributed by atoms with E-state index < -0.39 is 17.3 Å². The molecule has 0 amide bonds. The molecule has 0 aliphatic carbocycles. The number of alkyl halides is 3. The van der Waals surface area contributed by atoms with Gasteiger partial charge in [-0.3, -0.25) is 4.79 Å². The molecular formula is C20H12F3N5O. The Morgan fingerprint density at radius 2 is 1.66 bits per heavy atom. The van der Waals surface area contributed by atoms with Crippen molar-refractivity contribution in [1.29, 1.82) is 5.26 Å². The van der Waals surface area contributed by atoms with Crippen LogP contribution in [0, 0.1) is 11.3 Å². The van der Waals surface area contributed by atoms with Crippen molar-refractivity contribution < 1.29 is 13.2 Å². The number of H-pyrrole nitrogens is 1. The molecule has 6 nitrogen and oxygen atoms in total. The Hall–Kier alpha value is -4.06. The van der Waals surface area contributed by atoms with Crippen molar-refractivity contribution in [1.82, 2.24) is 14.4 Å². The van der Waals surface area contributed by atoms with Crippen LogP contribution in [0.15, 0.2) is 59.4 Å². The molecule has 0 spiro atoms. The molecule has 0 unspecified atom stereocenters. The van der Waals surface area contributed by atoms with E-state index in [9.17, 15) is 18.0 Å². The number of aromatic amines is 1. The van der Waals surface area contributed by atoms with E-state index in [1.165, 1.54) is 22.6 Å². The van der Waals surface area contributed by atoms with Crippen molar-refractivity contribution in [3.05, 3.63) is 76.1 Å². The number of rotatable bonds is 2. The van der Waals surface area contributed by atoms with Crippen LogP contribution in [0.3, 0.4) is 0 Å². The molecule has 0 saturated carbocycles. The van der Waals surface area contributed by atoms with Crippen molar-refractivity contribution in [2.75, 3.05) is 5.73 Å². The molecule has 144 valence electrons. The lowest BCUT2D eigenvalue weighted by atomic mass is 10.0. The maximum absolute atomic E-state index is 12.9. The Balaban J connectivity index is 1.99. The Morgan fingerprint density at radius 1 is 1.03 bits per heavy atom. The Labute approximate surface area is 161 Å². The number of nitrogens with zero attached hydrogens (tertiary/aromatic N) is 3. The summed E-state index contributed by atoms with van der Waals surface area (Å²) in [5, 5.41) is 9.00. The number of benzene rings is 2. The average Bonchev–Trinajstić information content (AvgIpc) is 3.07. The number of nitriles is 1. The van der Waals surface area contributed by atoms with Crippen molar-refractivity contribution >= 4 is 11.6 Å². The Morgan fingerprint density at radius 3 is 2.24 bits per heavy atom. The number of imidazole rings is 1. The highest BCUT2D eigenvalue weighted by atomic mass is 19.4. The number of nitrogen functional groups attached to an aromatic ring is 1. The minimum Gasteiger partial charge on any atom is -0.385 e. The lowest BCUT2D eigenvalue weighted by molar-refractivity contribution is -0.137. The SMILES string of the molecule is N#Cc1ccc(-c2c(-c3ccc(C(F)(F)F)cc3)nc3[nH]c(N)cc(=O)n23)cc1. The highest BCUT2D eigenvalue weighted by Crippen LogP contribution is 2.34. The maximum Gasteiger partial charge on any atom is 0.416 e. The molecule has 0 saturated heterocycles. The number of nitrogens with two attached hydrogens (primary N) is 1. The van der Waals surface area contributed by atoms with Crippen LogP contribution < -0.4 is 11.3 Å². The van der Waals surface area contributed by atoms with Gasteiger partial charge in [0.15, 0.2) is 0 Å². The summed E-state index contributed by atoms with van der Waals surface area (Å²) < 4.78 is 40.0. The lowest BCUT2D eigenvalue weighted by Crippen LogP contribution is -2.15. The molecule has 0 bridgehead atoms. The summed E-state index contributed by atoms with van der Waals surface area (Å²) in [6, 6.07) is 14.2. The van der Waals surface area contributed by atoms with E-state index in [4.69, 9.17) is 11.0 Å². The zero-order valence-corrected chi connectivity index (χ0v) is 14.7. The van der Waals surface area contributed by atoms with Crippen molar-refractivity contribution in [3.8, 4) is 28.6 Å². The van der Waals surface area contributed by atoms with E-state index in [0.717, 1.165) is 12.1 Å². The maximum atomic E-state index is 12.9.